The molecule has 1 aromatic carbocycles. The molecular formula is C12H14O2. The van der Waals surface area contributed by atoms with Crippen molar-refractivity contribution in [2.45, 2.75) is 25.2 Å². The molecule has 0 fully saturated rings. The quantitative estimate of drug-likeness (QED) is 0.787. The third kappa shape index (κ3) is 1.58. The number of carbonyl (C=O) groups excluding carboxylic acids is 1. The molecule has 2 nitrogen and oxygen atoms in total. The smallest absolute Gasteiger partial charge is 0.142 e. The highest BCUT2D eigenvalue weighted by atomic mass is 16.3. The highest BCUT2D eigenvalue weighted by Crippen LogP contribution is 2.33. The van der Waals surface area contributed by atoms with Crippen LogP contribution in [0, 0.1) is 0 Å². The first kappa shape index (κ1) is 9.41. The molecule has 0 saturated carbocycles. The molecular weight excluding hydrogens is 176 g/mol. The summed E-state index contributed by atoms with van der Waals surface area (Å²) in [6.07, 6.45) is 2.20. The van der Waals surface area contributed by atoms with Crippen molar-refractivity contribution in [1.82, 2.24) is 0 Å². The minimum absolute atomic E-state index is 0.0303. The van der Waals surface area contributed by atoms with Gasteiger partial charge in [0, 0.05) is 18.9 Å². The first-order valence-electron chi connectivity index (χ1n) is 5.04. The summed E-state index contributed by atoms with van der Waals surface area (Å²) in [5, 5.41) is 8.72. The van der Waals surface area contributed by atoms with Crippen LogP contribution in [0.15, 0.2) is 24.3 Å². The van der Waals surface area contributed by atoms with Crippen LogP contribution >= 0.6 is 0 Å². The SMILES string of the molecule is O=C(CCO)C1CCc2ccccc21. The zero-order chi connectivity index (χ0) is 9.97. The van der Waals surface area contributed by atoms with Crippen molar-refractivity contribution in [3.63, 3.8) is 0 Å². The number of Topliss-reactive ketones (excluding diaryl/α,β-unsaturated/α-hetero) is 1. The van der Waals surface area contributed by atoms with Crippen molar-refractivity contribution >= 4 is 5.78 Å². The van der Waals surface area contributed by atoms with Gasteiger partial charge in [-0.1, -0.05) is 24.3 Å². The van der Waals surface area contributed by atoms with Gasteiger partial charge in [-0.25, -0.2) is 0 Å². The maximum absolute atomic E-state index is 11.6. The highest BCUT2D eigenvalue weighted by molar-refractivity contribution is 5.86. The van der Waals surface area contributed by atoms with E-state index in [0.29, 0.717) is 6.42 Å². The minimum atomic E-state index is -0.0303. The molecule has 74 valence electrons. The van der Waals surface area contributed by atoms with Crippen LogP contribution in [0.5, 0.6) is 0 Å². The zero-order valence-corrected chi connectivity index (χ0v) is 8.07. The molecule has 0 bridgehead atoms. The van der Waals surface area contributed by atoms with Crippen LogP contribution in [0.1, 0.15) is 29.9 Å². The molecule has 14 heavy (non-hydrogen) atoms. The van der Waals surface area contributed by atoms with Gasteiger partial charge in [0.05, 0.1) is 0 Å². The molecule has 0 heterocycles. The first-order valence-corrected chi connectivity index (χ1v) is 5.04. The third-order valence-electron chi connectivity index (χ3n) is 2.88. The summed E-state index contributed by atoms with van der Waals surface area (Å²) < 4.78 is 0. The van der Waals surface area contributed by atoms with E-state index < -0.39 is 0 Å². The standard InChI is InChI=1S/C12H14O2/c13-8-7-12(14)11-6-5-9-3-1-2-4-10(9)11/h1-4,11,13H,5-8H2. The lowest BCUT2D eigenvalue weighted by Gasteiger charge is -2.08. The van der Waals surface area contributed by atoms with Gasteiger partial charge in [-0.3, -0.25) is 4.79 Å². The number of aryl methyl sites for hydroxylation is 1. The molecule has 0 aliphatic heterocycles. The molecule has 1 N–H and O–H groups in total. The van der Waals surface area contributed by atoms with E-state index in [2.05, 4.69) is 6.07 Å². The van der Waals surface area contributed by atoms with Gasteiger partial charge in [0.25, 0.3) is 0 Å². The molecule has 0 spiro atoms. The summed E-state index contributed by atoms with van der Waals surface area (Å²) in [5.74, 6) is 0.218. The Morgan fingerprint density at radius 1 is 1.43 bits per heavy atom. The fourth-order valence-electron chi connectivity index (χ4n) is 2.18. The van der Waals surface area contributed by atoms with Crippen molar-refractivity contribution in [2.24, 2.45) is 0 Å². The van der Waals surface area contributed by atoms with E-state index in [1.165, 1.54) is 11.1 Å². The number of hydrogen-bond donors (Lipinski definition) is 1. The lowest BCUT2D eigenvalue weighted by Crippen LogP contribution is -2.10. The van der Waals surface area contributed by atoms with Crippen LogP contribution in [-0.4, -0.2) is 17.5 Å². The Balaban J connectivity index is 2.21. The number of rotatable bonds is 3. The van der Waals surface area contributed by atoms with Crippen LogP contribution in [-0.2, 0) is 11.2 Å². The average Bonchev–Trinajstić information content (AvgIpc) is 2.61. The van der Waals surface area contributed by atoms with E-state index in [1.54, 1.807) is 0 Å². The Kier molecular flexibility index (Phi) is 2.64. The van der Waals surface area contributed by atoms with Gasteiger partial charge in [0.15, 0.2) is 0 Å². The Morgan fingerprint density at radius 2 is 2.21 bits per heavy atom. The van der Waals surface area contributed by atoms with E-state index in [1.807, 2.05) is 18.2 Å². The van der Waals surface area contributed by atoms with E-state index >= 15 is 0 Å². The molecule has 1 atom stereocenters. The van der Waals surface area contributed by atoms with Crippen LogP contribution in [0.3, 0.4) is 0 Å². The van der Waals surface area contributed by atoms with Gasteiger partial charge in [0.2, 0.25) is 0 Å². The van der Waals surface area contributed by atoms with Gasteiger partial charge in [-0.05, 0) is 24.0 Å². The van der Waals surface area contributed by atoms with Gasteiger partial charge in [-0.15, -0.1) is 0 Å². The Labute approximate surface area is 83.6 Å². The summed E-state index contributed by atoms with van der Waals surface area (Å²) in [4.78, 5) is 11.6. The molecule has 2 rings (SSSR count). The molecule has 2 heteroatoms. The van der Waals surface area contributed by atoms with Crippen molar-refractivity contribution in [3.8, 4) is 0 Å². The van der Waals surface area contributed by atoms with E-state index in [0.717, 1.165) is 12.8 Å². The number of aliphatic hydroxyl groups excluding tert-OH is 1. The van der Waals surface area contributed by atoms with Gasteiger partial charge < -0.3 is 5.11 Å². The number of ketones is 1. The van der Waals surface area contributed by atoms with Crippen LogP contribution in [0.4, 0.5) is 0 Å². The topological polar surface area (TPSA) is 37.3 Å². The number of aliphatic hydroxyl groups is 1. The van der Waals surface area contributed by atoms with Crippen molar-refractivity contribution < 1.29 is 9.90 Å². The number of fused-ring (bicyclic) bond motifs is 1. The summed E-state index contributed by atoms with van der Waals surface area (Å²) in [6.45, 7) is -0.0303. The average molecular weight is 190 g/mol. The second kappa shape index (κ2) is 3.93. The van der Waals surface area contributed by atoms with Gasteiger partial charge in [-0.2, -0.15) is 0 Å². The summed E-state index contributed by atoms with van der Waals surface area (Å²) in [7, 11) is 0. The van der Waals surface area contributed by atoms with Crippen LogP contribution in [0.25, 0.3) is 0 Å². The second-order valence-electron chi connectivity index (χ2n) is 3.73. The number of benzene rings is 1. The van der Waals surface area contributed by atoms with Gasteiger partial charge in [0.1, 0.15) is 5.78 Å². The van der Waals surface area contributed by atoms with E-state index in [4.69, 9.17) is 5.11 Å². The monoisotopic (exact) mass is 190 g/mol. The molecule has 1 aliphatic carbocycles. The predicted molar refractivity (Wildman–Crippen MR) is 54.2 cm³/mol. The van der Waals surface area contributed by atoms with Crippen molar-refractivity contribution in [3.05, 3.63) is 35.4 Å². The fourth-order valence-corrected chi connectivity index (χ4v) is 2.18. The summed E-state index contributed by atoms with van der Waals surface area (Å²) in [5.41, 5.74) is 2.47. The number of carbonyl (C=O) groups is 1. The Hall–Kier alpha value is -1.15. The minimum Gasteiger partial charge on any atom is -0.396 e. The molecule has 1 unspecified atom stereocenters. The molecule has 0 radical (unpaired) electrons. The lowest BCUT2D eigenvalue weighted by atomic mass is 9.95. The van der Waals surface area contributed by atoms with Gasteiger partial charge >= 0.3 is 0 Å². The number of hydrogen-bond acceptors (Lipinski definition) is 2. The Morgan fingerprint density at radius 3 is 3.00 bits per heavy atom. The highest BCUT2D eigenvalue weighted by Gasteiger charge is 2.27. The summed E-state index contributed by atoms with van der Waals surface area (Å²) in [6, 6.07) is 8.10. The Bertz CT molecular complexity index is 344. The molecule has 0 aromatic heterocycles. The maximum Gasteiger partial charge on any atom is 0.142 e. The first-order chi connectivity index (χ1) is 6.83. The molecule has 1 aliphatic rings. The fraction of sp³-hybridized carbons (Fsp3) is 0.417. The predicted octanol–water partition coefficient (Wildman–Crippen LogP) is 1.67. The van der Waals surface area contributed by atoms with E-state index in [-0.39, 0.29) is 18.3 Å². The molecule has 0 saturated heterocycles. The maximum atomic E-state index is 11.6. The van der Waals surface area contributed by atoms with Crippen LogP contribution < -0.4 is 0 Å². The van der Waals surface area contributed by atoms with Crippen molar-refractivity contribution in [1.29, 1.82) is 0 Å². The second-order valence-corrected chi connectivity index (χ2v) is 3.73. The van der Waals surface area contributed by atoms with Crippen molar-refractivity contribution in [2.75, 3.05) is 6.61 Å². The van der Waals surface area contributed by atoms with Crippen LogP contribution in [0.2, 0.25) is 0 Å². The molecule has 0 amide bonds. The lowest BCUT2D eigenvalue weighted by molar-refractivity contribution is -0.121. The zero-order valence-electron chi connectivity index (χ0n) is 8.07. The molecule has 1 aromatic rings. The van der Waals surface area contributed by atoms with E-state index in [9.17, 15) is 4.79 Å². The third-order valence-corrected chi connectivity index (χ3v) is 2.88. The normalized spacial score (nSPS) is 19.4. The summed E-state index contributed by atoms with van der Waals surface area (Å²) >= 11 is 0. The largest absolute Gasteiger partial charge is 0.396 e.